The molecule has 1 rings (SSSR count). The van der Waals surface area contributed by atoms with Gasteiger partial charge in [0.15, 0.2) is 0 Å². The minimum absolute atomic E-state index is 0.898. The molecular weight excluding hydrogens is 134 g/mol. The minimum Gasteiger partial charge on any atom is -0.303 e. The van der Waals surface area contributed by atoms with Gasteiger partial charge in [-0.3, -0.25) is 0 Å². The topological polar surface area (TPSA) is 3.24 Å². The third-order valence-corrected chi connectivity index (χ3v) is 2.14. The Morgan fingerprint density at radius 2 is 1.82 bits per heavy atom. The SMILES string of the molecule is CCC.CCC1CCCN1C. The predicted octanol–water partition coefficient (Wildman–Crippen LogP) is 2.91. The molecule has 1 atom stereocenters. The molecule has 0 radical (unpaired) electrons. The van der Waals surface area contributed by atoms with Crippen molar-refractivity contribution < 1.29 is 0 Å². The van der Waals surface area contributed by atoms with Crippen LogP contribution in [0.3, 0.4) is 0 Å². The van der Waals surface area contributed by atoms with Gasteiger partial charge in [0.05, 0.1) is 0 Å². The molecule has 1 unspecified atom stereocenters. The van der Waals surface area contributed by atoms with E-state index in [4.69, 9.17) is 0 Å². The summed E-state index contributed by atoms with van der Waals surface area (Å²) >= 11 is 0. The average Bonchev–Trinajstić information content (AvgIpc) is 2.36. The van der Waals surface area contributed by atoms with Crippen LogP contribution in [0.4, 0.5) is 0 Å². The van der Waals surface area contributed by atoms with Crippen LogP contribution in [0.5, 0.6) is 0 Å². The highest BCUT2D eigenvalue weighted by molar-refractivity contribution is 4.73. The van der Waals surface area contributed by atoms with Crippen molar-refractivity contribution in [2.75, 3.05) is 13.6 Å². The molecule has 11 heavy (non-hydrogen) atoms. The number of hydrogen-bond donors (Lipinski definition) is 0. The van der Waals surface area contributed by atoms with E-state index in [1.807, 2.05) is 0 Å². The van der Waals surface area contributed by atoms with Crippen LogP contribution in [0.2, 0.25) is 0 Å². The fourth-order valence-electron chi connectivity index (χ4n) is 1.50. The predicted molar refractivity (Wildman–Crippen MR) is 51.9 cm³/mol. The van der Waals surface area contributed by atoms with Gasteiger partial charge >= 0.3 is 0 Å². The maximum atomic E-state index is 2.46. The first-order valence-corrected chi connectivity index (χ1v) is 4.96. The van der Waals surface area contributed by atoms with Gasteiger partial charge in [-0.05, 0) is 32.9 Å². The molecule has 68 valence electrons. The van der Waals surface area contributed by atoms with Crippen molar-refractivity contribution in [3.05, 3.63) is 0 Å². The summed E-state index contributed by atoms with van der Waals surface area (Å²) in [6.07, 6.45) is 5.42. The summed E-state index contributed by atoms with van der Waals surface area (Å²) in [6, 6.07) is 0.898. The Labute approximate surface area is 71.8 Å². The van der Waals surface area contributed by atoms with Crippen molar-refractivity contribution in [3.8, 4) is 0 Å². The largest absolute Gasteiger partial charge is 0.303 e. The summed E-state index contributed by atoms with van der Waals surface area (Å²) in [5, 5.41) is 0. The Bertz CT molecular complexity index is 80.9. The molecule has 1 aliphatic heterocycles. The molecular formula is C10H23N. The smallest absolute Gasteiger partial charge is 0.00900 e. The van der Waals surface area contributed by atoms with E-state index in [2.05, 4.69) is 32.7 Å². The number of nitrogens with zero attached hydrogens (tertiary/aromatic N) is 1. The first-order valence-electron chi connectivity index (χ1n) is 4.96. The number of likely N-dealkylation sites (tertiary alicyclic amines) is 1. The molecule has 0 aromatic carbocycles. The van der Waals surface area contributed by atoms with E-state index < -0.39 is 0 Å². The number of hydrogen-bond acceptors (Lipinski definition) is 1. The van der Waals surface area contributed by atoms with Crippen LogP contribution in [0.1, 0.15) is 46.5 Å². The van der Waals surface area contributed by atoms with Crippen LogP contribution >= 0.6 is 0 Å². The second-order valence-corrected chi connectivity index (χ2v) is 3.39. The normalized spacial score (nSPS) is 24.5. The zero-order chi connectivity index (χ0) is 8.69. The fraction of sp³-hybridized carbons (Fsp3) is 1.00. The summed E-state index contributed by atoms with van der Waals surface area (Å²) in [5.41, 5.74) is 0. The fourth-order valence-corrected chi connectivity index (χ4v) is 1.50. The number of rotatable bonds is 1. The first-order chi connectivity index (χ1) is 5.26. The maximum absolute atomic E-state index is 2.46. The zero-order valence-corrected chi connectivity index (χ0v) is 8.56. The van der Waals surface area contributed by atoms with Gasteiger partial charge < -0.3 is 4.90 Å². The molecule has 0 spiro atoms. The van der Waals surface area contributed by atoms with E-state index in [9.17, 15) is 0 Å². The molecule has 0 aliphatic carbocycles. The summed E-state index contributed by atoms with van der Waals surface area (Å²) in [5.74, 6) is 0. The lowest BCUT2D eigenvalue weighted by Crippen LogP contribution is -2.23. The standard InChI is InChI=1S/C7H15N.C3H8/c1-3-7-5-4-6-8(7)2;1-3-2/h7H,3-6H2,1-2H3;3H2,1-2H3. The highest BCUT2D eigenvalue weighted by atomic mass is 15.1. The Hall–Kier alpha value is -0.0400. The van der Waals surface area contributed by atoms with Crippen molar-refractivity contribution in [1.82, 2.24) is 4.90 Å². The van der Waals surface area contributed by atoms with Crippen molar-refractivity contribution in [1.29, 1.82) is 0 Å². The van der Waals surface area contributed by atoms with E-state index in [-0.39, 0.29) is 0 Å². The summed E-state index contributed by atoms with van der Waals surface area (Å²) in [4.78, 5) is 2.46. The monoisotopic (exact) mass is 157 g/mol. The summed E-state index contributed by atoms with van der Waals surface area (Å²) in [7, 11) is 2.22. The lowest BCUT2D eigenvalue weighted by molar-refractivity contribution is 0.304. The first kappa shape index (κ1) is 11.0. The van der Waals surface area contributed by atoms with Crippen molar-refractivity contribution in [2.45, 2.75) is 52.5 Å². The van der Waals surface area contributed by atoms with Crippen LogP contribution in [-0.2, 0) is 0 Å². The lowest BCUT2D eigenvalue weighted by atomic mass is 10.2. The third kappa shape index (κ3) is 4.41. The molecule has 1 aliphatic rings. The minimum atomic E-state index is 0.898. The van der Waals surface area contributed by atoms with E-state index in [0.29, 0.717) is 0 Å². The Morgan fingerprint density at radius 1 is 1.27 bits per heavy atom. The molecule has 1 heteroatoms. The van der Waals surface area contributed by atoms with Gasteiger partial charge in [0.1, 0.15) is 0 Å². The van der Waals surface area contributed by atoms with Crippen molar-refractivity contribution in [3.63, 3.8) is 0 Å². The van der Waals surface area contributed by atoms with Gasteiger partial charge in [-0.25, -0.2) is 0 Å². The molecule has 0 saturated carbocycles. The summed E-state index contributed by atoms with van der Waals surface area (Å²) < 4.78 is 0. The van der Waals surface area contributed by atoms with Crippen LogP contribution in [0.15, 0.2) is 0 Å². The quantitative estimate of drug-likeness (QED) is 0.565. The van der Waals surface area contributed by atoms with Crippen LogP contribution < -0.4 is 0 Å². The Kier molecular flexibility index (Phi) is 6.63. The molecule has 0 amide bonds. The van der Waals surface area contributed by atoms with Gasteiger partial charge in [0.2, 0.25) is 0 Å². The lowest BCUT2D eigenvalue weighted by Gasteiger charge is -2.16. The van der Waals surface area contributed by atoms with E-state index >= 15 is 0 Å². The maximum Gasteiger partial charge on any atom is 0.00900 e. The second kappa shape index (κ2) is 6.66. The summed E-state index contributed by atoms with van der Waals surface area (Å²) in [6.45, 7) is 7.84. The Balaban J connectivity index is 0.000000292. The molecule has 1 heterocycles. The van der Waals surface area contributed by atoms with E-state index in [1.165, 1.54) is 32.2 Å². The molecule has 0 aromatic heterocycles. The van der Waals surface area contributed by atoms with Gasteiger partial charge in [-0.2, -0.15) is 0 Å². The molecule has 0 N–H and O–H groups in total. The zero-order valence-electron chi connectivity index (χ0n) is 8.56. The Morgan fingerprint density at radius 3 is 2.00 bits per heavy atom. The molecule has 0 aromatic rings. The third-order valence-electron chi connectivity index (χ3n) is 2.14. The molecule has 1 fully saturated rings. The second-order valence-electron chi connectivity index (χ2n) is 3.39. The molecule has 0 bridgehead atoms. The highest BCUT2D eigenvalue weighted by Crippen LogP contribution is 2.16. The van der Waals surface area contributed by atoms with Crippen molar-refractivity contribution in [2.24, 2.45) is 0 Å². The van der Waals surface area contributed by atoms with Gasteiger partial charge in [-0.1, -0.05) is 27.2 Å². The van der Waals surface area contributed by atoms with Gasteiger partial charge in [-0.15, -0.1) is 0 Å². The van der Waals surface area contributed by atoms with Crippen LogP contribution in [0.25, 0.3) is 0 Å². The van der Waals surface area contributed by atoms with E-state index in [0.717, 1.165) is 6.04 Å². The van der Waals surface area contributed by atoms with Gasteiger partial charge in [0.25, 0.3) is 0 Å². The van der Waals surface area contributed by atoms with Crippen LogP contribution in [0, 0.1) is 0 Å². The molecule has 1 saturated heterocycles. The average molecular weight is 157 g/mol. The van der Waals surface area contributed by atoms with E-state index in [1.54, 1.807) is 0 Å². The highest BCUT2D eigenvalue weighted by Gasteiger charge is 2.17. The molecule has 1 nitrogen and oxygen atoms in total. The van der Waals surface area contributed by atoms with Crippen LogP contribution in [-0.4, -0.2) is 24.5 Å². The van der Waals surface area contributed by atoms with Crippen molar-refractivity contribution >= 4 is 0 Å². The van der Waals surface area contributed by atoms with Gasteiger partial charge in [0, 0.05) is 6.04 Å².